The summed E-state index contributed by atoms with van der Waals surface area (Å²) in [4.78, 5) is 13.8. The van der Waals surface area contributed by atoms with Gasteiger partial charge < -0.3 is 20.1 Å². The van der Waals surface area contributed by atoms with Crippen molar-refractivity contribution in [1.82, 2.24) is 9.62 Å². The summed E-state index contributed by atoms with van der Waals surface area (Å²) in [6.07, 6.45) is 0.890. The van der Waals surface area contributed by atoms with E-state index in [9.17, 15) is 18.3 Å². The summed E-state index contributed by atoms with van der Waals surface area (Å²) in [5.41, 5.74) is 1.43. The van der Waals surface area contributed by atoms with Crippen LogP contribution in [0.1, 0.15) is 28.3 Å². The zero-order valence-corrected chi connectivity index (χ0v) is 18.4. The number of rotatable bonds is 9. The third kappa shape index (κ3) is 4.39. The van der Waals surface area contributed by atoms with E-state index in [4.69, 9.17) is 4.74 Å². The molecule has 1 aliphatic heterocycles. The minimum absolute atomic E-state index is 0.00784. The average molecular weight is 446 g/mol. The number of fused-ring (bicyclic) bond motifs is 3. The van der Waals surface area contributed by atoms with E-state index in [1.807, 2.05) is 26.2 Å². The number of ether oxygens (including phenoxy) is 1. The summed E-state index contributed by atoms with van der Waals surface area (Å²) in [5.74, 6) is -0.798. The first-order valence-electron chi connectivity index (χ1n) is 10.3. The molecule has 3 atom stereocenters. The Morgan fingerprint density at radius 3 is 2.71 bits per heavy atom. The fourth-order valence-electron chi connectivity index (χ4n) is 4.20. The van der Waals surface area contributed by atoms with Crippen LogP contribution in [0, 0.1) is 5.92 Å². The van der Waals surface area contributed by atoms with E-state index < -0.39 is 16.0 Å². The van der Waals surface area contributed by atoms with E-state index in [-0.39, 0.29) is 28.3 Å². The lowest BCUT2D eigenvalue weighted by Gasteiger charge is -2.17. The van der Waals surface area contributed by atoms with Crippen LogP contribution in [0.15, 0.2) is 47.4 Å². The van der Waals surface area contributed by atoms with Crippen molar-refractivity contribution in [2.45, 2.75) is 23.3 Å². The molecule has 1 aliphatic carbocycles. The standard InChI is InChI=1S/C22H27N3O5S/c1-25(2)12-6-11-23-17-9-3-4-10-18(17)31(28,29)24-20-16-13-30-21-14(19(16)20)7-5-8-15(21)22(26)27/h3-5,7-10,16,19-20,23-24H,6,11-13H2,1-2H3,(H,26,27). The number of carboxylic acid groups (broad SMARTS) is 1. The van der Waals surface area contributed by atoms with Crippen LogP contribution >= 0.6 is 0 Å². The maximum atomic E-state index is 13.2. The van der Waals surface area contributed by atoms with Crippen LogP contribution in [-0.2, 0) is 10.0 Å². The van der Waals surface area contributed by atoms with Gasteiger partial charge in [-0.2, -0.15) is 0 Å². The van der Waals surface area contributed by atoms with Gasteiger partial charge in [0.15, 0.2) is 0 Å². The first kappa shape index (κ1) is 21.6. The van der Waals surface area contributed by atoms with E-state index in [0.29, 0.717) is 24.6 Å². The number of carboxylic acids is 1. The largest absolute Gasteiger partial charge is 0.492 e. The molecule has 1 heterocycles. The van der Waals surface area contributed by atoms with Gasteiger partial charge in [0.1, 0.15) is 16.2 Å². The van der Waals surface area contributed by atoms with Gasteiger partial charge >= 0.3 is 5.97 Å². The number of sulfonamides is 1. The Morgan fingerprint density at radius 2 is 1.97 bits per heavy atom. The highest BCUT2D eigenvalue weighted by Gasteiger charge is 2.57. The predicted molar refractivity (Wildman–Crippen MR) is 117 cm³/mol. The van der Waals surface area contributed by atoms with Gasteiger partial charge in [0.2, 0.25) is 10.0 Å². The first-order chi connectivity index (χ1) is 14.8. The van der Waals surface area contributed by atoms with Crippen LogP contribution in [0.4, 0.5) is 5.69 Å². The van der Waals surface area contributed by atoms with Crippen LogP contribution in [-0.4, -0.2) is 64.2 Å². The highest BCUT2D eigenvalue weighted by molar-refractivity contribution is 7.89. The third-order valence-corrected chi connectivity index (χ3v) is 7.31. The Hall–Kier alpha value is -2.62. The third-order valence-electron chi connectivity index (χ3n) is 5.79. The number of hydrogen-bond donors (Lipinski definition) is 3. The molecule has 9 heteroatoms. The number of carbonyl (C=O) groups is 1. The van der Waals surface area contributed by atoms with Crippen molar-refractivity contribution in [3.8, 4) is 5.75 Å². The summed E-state index contributed by atoms with van der Waals surface area (Å²) in [6.45, 7) is 1.86. The molecule has 31 heavy (non-hydrogen) atoms. The molecule has 0 spiro atoms. The molecular formula is C22H27N3O5S. The Balaban J connectivity index is 1.50. The van der Waals surface area contributed by atoms with Gasteiger partial charge in [-0.3, -0.25) is 0 Å². The van der Waals surface area contributed by atoms with Gasteiger partial charge in [0.25, 0.3) is 0 Å². The predicted octanol–water partition coefficient (Wildman–Crippen LogP) is 2.20. The molecule has 2 aromatic rings. The quantitative estimate of drug-likeness (QED) is 0.508. The van der Waals surface area contributed by atoms with Crippen molar-refractivity contribution in [3.05, 3.63) is 53.6 Å². The molecule has 166 valence electrons. The number of hydrogen-bond acceptors (Lipinski definition) is 6. The van der Waals surface area contributed by atoms with Crippen molar-refractivity contribution in [1.29, 1.82) is 0 Å². The van der Waals surface area contributed by atoms with Crippen molar-refractivity contribution in [2.24, 2.45) is 5.92 Å². The molecule has 0 radical (unpaired) electrons. The average Bonchev–Trinajstić information content (AvgIpc) is 3.43. The molecule has 0 amide bonds. The maximum absolute atomic E-state index is 13.2. The van der Waals surface area contributed by atoms with Gasteiger partial charge in [0.05, 0.1) is 12.3 Å². The van der Waals surface area contributed by atoms with Gasteiger partial charge in [0, 0.05) is 30.0 Å². The zero-order valence-electron chi connectivity index (χ0n) is 17.5. The molecule has 1 fully saturated rings. The Bertz CT molecular complexity index is 1090. The summed E-state index contributed by atoms with van der Waals surface area (Å²) in [5, 5.41) is 12.6. The van der Waals surface area contributed by atoms with Gasteiger partial charge in [-0.25, -0.2) is 17.9 Å². The summed E-state index contributed by atoms with van der Waals surface area (Å²) in [7, 11) is 0.234. The minimum Gasteiger partial charge on any atom is -0.492 e. The second-order valence-corrected chi connectivity index (χ2v) is 9.94. The molecule has 8 nitrogen and oxygen atoms in total. The fourth-order valence-corrected chi connectivity index (χ4v) is 5.69. The van der Waals surface area contributed by atoms with Crippen LogP contribution in [0.2, 0.25) is 0 Å². The lowest BCUT2D eigenvalue weighted by molar-refractivity contribution is 0.0691. The molecule has 3 unspecified atom stereocenters. The second-order valence-electron chi connectivity index (χ2n) is 8.26. The molecule has 0 bridgehead atoms. The minimum atomic E-state index is -3.76. The first-order valence-corrected chi connectivity index (χ1v) is 11.8. The van der Waals surface area contributed by atoms with Crippen molar-refractivity contribution in [3.63, 3.8) is 0 Å². The van der Waals surface area contributed by atoms with E-state index in [2.05, 4.69) is 14.9 Å². The van der Waals surface area contributed by atoms with Crippen molar-refractivity contribution in [2.75, 3.05) is 39.1 Å². The maximum Gasteiger partial charge on any atom is 0.339 e. The number of anilines is 1. The summed E-state index contributed by atoms with van der Waals surface area (Å²) in [6, 6.07) is 11.5. The molecule has 2 aromatic carbocycles. The SMILES string of the molecule is CN(C)CCCNc1ccccc1S(=O)(=O)NC1C2COc3c(C(=O)O)cccc3C21. The number of benzene rings is 2. The lowest BCUT2D eigenvalue weighted by atomic mass is 10.0. The second kappa shape index (κ2) is 8.49. The molecule has 1 saturated carbocycles. The lowest BCUT2D eigenvalue weighted by Crippen LogP contribution is -2.29. The molecule has 3 N–H and O–H groups in total. The van der Waals surface area contributed by atoms with E-state index >= 15 is 0 Å². The molecule has 0 saturated heterocycles. The zero-order chi connectivity index (χ0) is 22.2. The highest BCUT2D eigenvalue weighted by atomic mass is 32.2. The normalized spacial score (nSPS) is 21.7. The smallest absolute Gasteiger partial charge is 0.339 e. The molecule has 0 aromatic heterocycles. The number of para-hydroxylation sites is 2. The van der Waals surface area contributed by atoms with Gasteiger partial charge in [-0.05, 0) is 45.3 Å². The van der Waals surface area contributed by atoms with Crippen LogP contribution in [0.3, 0.4) is 0 Å². The van der Waals surface area contributed by atoms with Gasteiger partial charge in [-0.1, -0.05) is 24.3 Å². The van der Waals surface area contributed by atoms with Crippen molar-refractivity contribution >= 4 is 21.7 Å². The summed E-state index contributed by atoms with van der Waals surface area (Å²) >= 11 is 0. The molecular weight excluding hydrogens is 418 g/mol. The molecule has 2 aliphatic rings. The fraction of sp³-hybridized carbons (Fsp3) is 0.409. The van der Waals surface area contributed by atoms with Crippen LogP contribution < -0.4 is 14.8 Å². The summed E-state index contributed by atoms with van der Waals surface area (Å²) < 4.78 is 34.9. The van der Waals surface area contributed by atoms with Crippen LogP contribution in [0.5, 0.6) is 5.75 Å². The topological polar surface area (TPSA) is 108 Å². The van der Waals surface area contributed by atoms with E-state index in [0.717, 1.165) is 18.5 Å². The van der Waals surface area contributed by atoms with E-state index in [1.54, 1.807) is 24.3 Å². The van der Waals surface area contributed by atoms with Gasteiger partial charge in [-0.15, -0.1) is 0 Å². The number of nitrogens with one attached hydrogen (secondary N) is 2. The molecule has 4 rings (SSSR count). The van der Waals surface area contributed by atoms with Crippen LogP contribution in [0.25, 0.3) is 0 Å². The Kier molecular flexibility index (Phi) is 5.92. The Morgan fingerprint density at radius 1 is 1.19 bits per heavy atom. The Labute approximate surface area is 182 Å². The number of aromatic carboxylic acids is 1. The monoisotopic (exact) mass is 445 g/mol. The highest BCUT2D eigenvalue weighted by Crippen LogP contribution is 2.55. The number of nitrogens with zero attached hydrogens (tertiary/aromatic N) is 1. The van der Waals surface area contributed by atoms with Crippen molar-refractivity contribution < 1.29 is 23.1 Å². The van der Waals surface area contributed by atoms with E-state index in [1.165, 1.54) is 6.07 Å².